The Hall–Kier alpha value is -1.96. The molecule has 0 radical (unpaired) electrons. The number of para-hydroxylation sites is 1. The van der Waals surface area contributed by atoms with E-state index in [1.54, 1.807) is 6.20 Å². The molecule has 0 bridgehead atoms. The van der Waals surface area contributed by atoms with Gasteiger partial charge < -0.3 is 0 Å². The fraction of sp³-hybridized carbons (Fsp3) is 0.250. The molecule has 0 aliphatic carbocycles. The Labute approximate surface area is 108 Å². The van der Waals surface area contributed by atoms with Gasteiger partial charge >= 0.3 is 0 Å². The van der Waals surface area contributed by atoms with Gasteiger partial charge in [-0.3, -0.25) is 9.98 Å². The average Bonchev–Trinajstić information content (AvgIpc) is 2.45. The average molecular weight is 238 g/mol. The van der Waals surface area contributed by atoms with Crippen molar-refractivity contribution in [2.45, 2.75) is 26.7 Å². The Kier molecular flexibility index (Phi) is 4.24. The highest BCUT2D eigenvalue weighted by Gasteiger charge is 2.03. The maximum atomic E-state index is 4.63. The summed E-state index contributed by atoms with van der Waals surface area (Å²) in [5, 5.41) is 0. The van der Waals surface area contributed by atoms with Crippen LogP contribution in [0.15, 0.2) is 47.6 Å². The number of hydrogen-bond acceptors (Lipinski definition) is 2. The third-order valence-corrected chi connectivity index (χ3v) is 2.98. The first-order valence-electron chi connectivity index (χ1n) is 6.41. The highest BCUT2D eigenvalue weighted by molar-refractivity contribution is 5.80. The summed E-state index contributed by atoms with van der Waals surface area (Å²) in [6.07, 6.45) is 5.63. The van der Waals surface area contributed by atoms with Gasteiger partial charge in [-0.1, -0.05) is 38.1 Å². The van der Waals surface area contributed by atoms with Gasteiger partial charge in [-0.15, -0.1) is 0 Å². The molecule has 2 aromatic rings. The second kappa shape index (κ2) is 6.10. The number of hydrogen-bond donors (Lipinski definition) is 0. The Bertz CT molecular complexity index is 508. The van der Waals surface area contributed by atoms with Crippen molar-refractivity contribution in [1.29, 1.82) is 0 Å². The van der Waals surface area contributed by atoms with E-state index in [4.69, 9.17) is 0 Å². The van der Waals surface area contributed by atoms with Crippen molar-refractivity contribution in [3.8, 4) is 0 Å². The molecular formula is C16H18N2. The van der Waals surface area contributed by atoms with Gasteiger partial charge in [-0.05, 0) is 36.1 Å². The molecule has 0 aliphatic rings. The normalized spacial score (nSPS) is 11.0. The van der Waals surface area contributed by atoms with Crippen LogP contribution in [0.4, 0.5) is 5.69 Å². The molecule has 1 aromatic heterocycles. The van der Waals surface area contributed by atoms with E-state index < -0.39 is 0 Å². The summed E-state index contributed by atoms with van der Waals surface area (Å²) in [5.41, 5.74) is 4.58. The predicted octanol–water partition coefficient (Wildman–Crippen LogP) is 3.96. The fourth-order valence-electron chi connectivity index (χ4n) is 1.96. The first kappa shape index (κ1) is 12.5. The Morgan fingerprint density at radius 2 is 1.72 bits per heavy atom. The maximum absolute atomic E-state index is 4.63. The molecule has 0 N–H and O–H groups in total. The highest BCUT2D eigenvalue weighted by atomic mass is 14.8. The van der Waals surface area contributed by atoms with E-state index >= 15 is 0 Å². The highest BCUT2D eigenvalue weighted by Crippen LogP contribution is 2.25. The predicted molar refractivity (Wildman–Crippen MR) is 76.7 cm³/mol. The quantitative estimate of drug-likeness (QED) is 0.740. The minimum Gasteiger partial charge on any atom is -0.255 e. The molecule has 0 fully saturated rings. The van der Waals surface area contributed by atoms with E-state index in [0.29, 0.717) is 0 Å². The zero-order valence-corrected chi connectivity index (χ0v) is 10.9. The van der Waals surface area contributed by atoms with E-state index in [-0.39, 0.29) is 0 Å². The van der Waals surface area contributed by atoms with Crippen molar-refractivity contribution in [3.63, 3.8) is 0 Å². The molecule has 0 atom stereocenters. The van der Waals surface area contributed by atoms with Crippen LogP contribution in [-0.2, 0) is 12.8 Å². The largest absolute Gasteiger partial charge is 0.255 e. The van der Waals surface area contributed by atoms with Gasteiger partial charge in [-0.25, -0.2) is 0 Å². The van der Waals surface area contributed by atoms with E-state index in [1.165, 1.54) is 11.1 Å². The molecule has 92 valence electrons. The van der Waals surface area contributed by atoms with Gasteiger partial charge in [0.05, 0.1) is 17.6 Å². The Morgan fingerprint density at radius 1 is 1.00 bits per heavy atom. The Balaban J connectivity index is 2.36. The van der Waals surface area contributed by atoms with Crippen LogP contribution in [0.2, 0.25) is 0 Å². The molecular weight excluding hydrogens is 220 g/mol. The zero-order valence-electron chi connectivity index (χ0n) is 10.9. The first-order valence-corrected chi connectivity index (χ1v) is 6.41. The monoisotopic (exact) mass is 238 g/mol. The molecule has 2 heteroatoms. The van der Waals surface area contributed by atoms with Crippen molar-refractivity contribution in [1.82, 2.24) is 4.98 Å². The van der Waals surface area contributed by atoms with Crippen molar-refractivity contribution in [2.75, 3.05) is 0 Å². The number of benzene rings is 1. The van der Waals surface area contributed by atoms with Gasteiger partial charge in [0.2, 0.25) is 0 Å². The van der Waals surface area contributed by atoms with Crippen LogP contribution < -0.4 is 0 Å². The van der Waals surface area contributed by atoms with Gasteiger partial charge in [0.25, 0.3) is 0 Å². The lowest BCUT2D eigenvalue weighted by Crippen LogP contribution is -1.90. The van der Waals surface area contributed by atoms with Crippen LogP contribution in [0, 0.1) is 0 Å². The van der Waals surface area contributed by atoms with Crippen molar-refractivity contribution in [3.05, 3.63) is 59.4 Å². The SMILES string of the molecule is CCc1cccc(CC)c1N=Cc1ccccn1. The third kappa shape index (κ3) is 2.83. The molecule has 1 aromatic carbocycles. The lowest BCUT2D eigenvalue weighted by molar-refractivity contribution is 1.08. The third-order valence-electron chi connectivity index (χ3n) is 2.98. The molecule has 0 spiro atoms. The zero-order chi connectivity index (χ0) is 12.8. The van der Waals surface area contributed by atoms with Gasteiger partial charge in [-0.2, -0.15) is 0 Å². The molecule has 18 heavy (non-hydrogen) atoms. The summed E-state index contributed by atoms with van der Waals surface area (Å²) in [5.74, 6) is 0. The van der Waals surface area contributed by atoms with Gasteiger partial charge in [0, 0.05) is 6.20 Å². The molecule has 0 unspecified atom stereocenters. The van der Waals surface area contributed by atoms with Gasteiger partial charge in [0.1, 0.15) is 0 Å². The number of rotatable bonds is 4. The lowest BCUT2D eigenvalue weighted by atomic mass is 10.0. The van der Waals surface area contributed by atoms with E-state index in [9.17, 15) is 0 Å². The van der Waals surface area contributed by atoms with Crippen LogP contribution >= 0.6 is 0 Å². The summed E-state index contributed by atoms with van der Waals surface area (Å²) in [7, 11) is 0. The van der Waals surface area contributed by atoms with Crippen LogP contribution in [0.5, 0.6) is 0 Å². The van der Waals surface area contributed by atoms with Crippen LogP contribution in [-0.4, -0.2) is 11.2 Å². The minimum atomic E-state index is 0.894. The van der Waals surface area contributed by atoms with Gasteiger partial charge in [0.15, 0.2) is 0 Å². The lowest BCUT2D eigenvalue weighted by Gasteiger charge is -2.07. The molecule has 2 nitrogen and oxygen atoms in total. The summed E-state index contributed by atoms with van der Waals surface area (Å²) in [6.45, 7) is 4.32. The summed E-state index contributed by atoms with van der Waals surface area (Å²) in [4.78, 5) is 8.89. The smallest absolute Gasteiger partial charge is 0.0812 e. The number of aromatic nitrogens is 1. The number of nitrogens with zero attached hydrogens (tertiary/aromatic N) is 2. The summed E-state index contributed by atoms with van der Waals surface area (Å²) >= 11 is 0. The minimum absolute atomic E-state index is 0.894. The summed E-state index contributed by atoms with van der Waals surface area (Å²) < 4.78 is 0. The molecule has 1 heterocycles. The topological polar surface area (TPSA) is 25.2 Å². The number of aliphatic imine (C=N–C) groups is 1. The van der Waals surface area contributed by atoms with Crippen LogP contribution in [0.3, 0.4) is 0 Å². The first-order chi connectivity index (χ1) is 8.85. The van der Waals surface area contributed by atoms with Crippen LogP contribution in [0.1, 0.15) is 30.7 Å². The van der Waals surface area contributed by atoms with Crippen LogP contribution in [0.25, 0.3) is 0 Å². The van der Waals surface area contributed by atoms with Crippen molar-refractivity contribution < 1.29 is 0 Å². The molecule has 0 saturated heterocycles. The van der Waals surface area contributed by atoms with E-state index in [2.05, 4.69) is 42.0 Å². The second-order valence-corrected chi connectivity index (χ2v) is 4.14. The summed E-state index contributed by atoms with van der Waals surface area (Å²) in [6, 6.07) is 12.2. The molecule has 0 amide bonds. The second-order valence-electron chi connectivity index (χ2n) is 4.14. The standard InChI is InChI=1S/C16H18N2/c1-3-13-8-7-9-14(4-2)16(13)18-12-15-10-5-6-11-17-15/h5-12H,3-4H2,1-2H3. The Morgan fingerprint density at radius 3 is 2.28 bits per heavy atom. The van der Waals surface area contributed by atoms with E-state index in [0.717, 1.165) is 24.2 Å². The van der Waals surface area contributed by atoms with Crippen molar-refractivity contribution >= 4 is 11.9 Å². The molecule has 2 rings (SSSR count). The molecule has 0 aliphatic heterocycles. The fourth-order valence-corrected chi connectivity index (χ4v) is 1.96. The van der Waals surface area contributed by atoms with E-state index in [1.807, 2.05) is 24.4 Å². The maximum Gasteiger partial charge on any atom is 0.0812 e. The number of aryl methyl sites for hydroxylation is 2. The number of pyridine rings is 1. The van der Waals surface area contributed by atoms with Crippen molar-refractivity contribution in [2.24, 2.45) is 4.99 Å². The molecule has 0 saturated carbocycles.